The highest BCUT2D eigenvalue weighted by atomic mass is 31.2. The van der Waals surface area contributed by atoms with E-state index in [0.717, 1.165) is 18.4 Å². The van der Waals surface area contributed by atoms with Gasteiger partial charge in [0, 0.05) is 12.1 Å². The summed E-state index contributed by atoms with van der Waals surface area (Å²) in [5.74, 6) is -1.18. The Hall–Kier alpha value is -2.74. The Bertz CT molecular complexity index is 908. The SMILES string of the molecule is CCCCOP(=O)(OCCCC)C(NC(=O)OCc1ccccc1)c1ccc([N+](=O)[O-])cc1. The van der Waals surface area contributed by atoms with Crippen LogP contribution in [-0.2, 0) is 25.0 Å². The van der Waals surface area contributed by atoms with Gasteiger partial charge in [0.25, 0.3) is 5.69 Å². The van der Waals surface area contributed by atoms with Gasteiger partial charge >= 0.3 is 13.7 Å². The number of rotatable bonds is 14. The lowest BCUT2D eigenvalue weighted by atomic mass is 10.2. The molecule has 1 amide bonds. The highest BCUT2D eigenvalue weighted by Gasteiger charge is 2.39. The molecule has 2 rings (SSSR count). The highest BCUT2D eigenvalue weighted by Crippen LogP contribution is 2.60. The number of carbonyl (C=O) groups excluding carboxylic acids is 1. The average Bonchev–Trinajstić information content (AvgIpc) is 2.82. The third kappa shape index (κ3) is 8.61. The van der Waals surface area contributed by atoms with Crippen molar-refractivity contribution in [3.63, 3.8) is 0 Å². The molecule has 0 spiro atoms. The normalized spacial score (nSPS) is 12.2. The molecular weight excluding hydrogens is 447 g/mol. The van der Waals surface area contributed by atoms with E-state index in [9.17, 15) is 19.5 Å². The number of carbonyl (C=O) groups is 1. The van der Waals surface area contributed by atoms with Crippen molar-refractivity contribution in [3.05, 3.63) is 75.8 Å². The summed E-state index contributed by atoms with van der Waals surface area (Å²) in [6.45, 7) is 4.34. The molecule has 1 atom stereocenters. The fourth-order valence-electron chi connectivity index (χ4n) is 2.86. The van der Waals surface area contributed by atoms with Crippen LogP contribution in [0.2, 0.25) is 0 Å². The number of benzene rings is 2. The molecule has 0 bridgehead atoms. The summed E-state index contributed by atoms with van der Waals surface area (Å²) in [5, 5.41) is 13.6. The predicted molar refractivity (Wildman–Crippen MR) is 125 cm³/mol. The van der Waals surface area contributed by atoms with E-state index < -0.39 is 24.4 Å². The van der Waals surface area contributed by atoms with Gasteiger partial charge in [-0.1, -0.05) is 57.0 Å². The first kappa shape index (κ1) is 26.5. The number of unbranched alkanes of at least 4 members (excludes halogenated alkanes) is 2. The second kappa shape index (κ2) is 13.7. The Kier molecular flexibility index (Phi) is 11.0. The highest BCUT2D eigenvalue weighted by molar-refractivity contribution is 7.54. The van der Waals surface area contributed by atoms with Crippen LogP contribution in [0.5, 0.6) is 0 Å². The molecular formula is C23H31N2O7P. The fourth-order valence-corrected chi connectivity index (χ4v) is 4.80. The molecule has 0 aliphatic rings. The number of hydrogen-bond donors (Lipinski definition) is 1. The minimum atomic E-state index is -3.88. The van der Waals surface area contributed by atoms with Crippen LogP contribution in [0, 0.1) is 10.1 Å². The van der Waals surface area contributed by atoms with Crippen molar-refractivity contribution < 1.29 is 28.1 Å². The number of nitrogens with zero attached hydrogens (tertiary/aromatic N) is 1. The molecule has 1 N–H and O–H groups in total. The van der Waals surface area contributed by atoms with Gasteiger partial charge in [-0.15, -0.1) is 0 Å². The Morgan fingerprint density at radius 3 is 2.09 bits per heavy atom. The zero-order chi connectivity index (χ0) is 24.1. The van der Waals surface area contributed by atoms with Crippen molar-refractivity contribution in [2.24, 2.45) is 0 Å². The summed E-state index contributed by atoms with van der Waals surface area (Å²) in [5.41, 5.74) is 1.02. The fraction of sp³-hybridized carbons (Fsp3) is 0.435. The lowest BCUT2D eigenvalue weighted by molar-refractivity contribution is -0.384. The van der Waals surface area contributed by atoms with E-state index in [1.54, 1.807) is 0 Å². The van der Waals surface area contributed by atoms with Gasteiger partial charge in [-0.3, -0.25) is 14.7 Å². The topological polar surface area (TPSA) is 117 Å². The van der Waals surface area contributed by atoms with Crippen LogP contribution in [0.3, 0.4) is 0 Å². The minimum Gasteiger partial charge on any atom is -0.445 e. The van der Waals surface area contributed by atoms with Crippen LogP contribution in [0.1, 0.15) is 56.4 Å². The van der Waals surface area contributed by atoms with E-state index >= 15 is 0 Å². The molecule has 0 aromatic heterocycles. The summed E-state index contributed by atoms with van der Waals surface area (Å²) < 4.78 is 30.5. The van der Waals surface area contributed by atoms with E-state index in [1.807, 2.05) is 44.2 Å². The Balaban J connectivity index is 2.28. The van der Waals surface area contributed by atoms with Crippen LogP contribution in [0.25, 0.3) is 0 Å². The third-order valence-corrected chi connectivity index (χ3v) is 6.89. The molecule has 0 fully saturated rings. The van der Waals surface area contributed by atoms with E-state index in [0.29, 0.717) is 18.4 Å². The number of alkyl carbamates (subject to hydrolysis) is 1. The van der Waals surface area contributed by atoms with E-state index in [2.05, 4.69) is 5.32 Å². The van der Waals surface area contributed by atoms with Crippen LogP contribution in [0.4, 0.5) is 10.5 Å². The number of amides is 1. The van der Waals surface area contributed by atoms with Crippen molar-refractivity contribution in [3.8, 4) is 0 Å². The molecule has 2 aromatic rings. The first-order chi connectivity index (χ1) is 15.9. The standard InChI is InChI=1S/C23H31N2O7P/c1-3-5-16-31-33(29,32-17-6-4-2)22(20-12-14-21(15-13-20)25(27)28)24-23(26)30-18-19-10-8-7-9-11-19/h7-15,22H,3-6,16-18H2,1-2H3,(H,24,26). The van der Waals surface area contributed by atoms with Gasteiger partial charge in [0.2, 0.25) is 0 Å². The maximum absolute atomic E-state index is 13.8. The Morgan fingerprint density at radius 1 is 1.00 bits per heavy atom. The molecule has 0 radical (unpaired) electrons. The second-order valence-corrected chi connectivity index (χ2v) is 9.48. The molecule has 180 valence electrons. The van der Waals surface area contributed by atoms with E-state index in [4.69, 9.17) is 13.8 Å². The van der Waals surface area contributed by atoms with Gasteiger partial charge in [0.05, 0.1) is 18.1 Å². The first-order valence-corrected chi connectivity index (χ1v) is 12.6. The van der Waals surface area contributed by atoms with Gasteiger partial charge in [0.15, 0.2) is 5.78 Å². The largest absolute Gasteiger partial charge is 0.445 e. The molecule has 0 saturated heterocycles. The zero-order valence-corrected chi connectivity index (χ0v) is 19.9. The van der Waals surface area contributed by atoms with Gasteiger partial charge < -0.3 is 19.1 Å². The summed E-state index contributed by atoms with van der Waals surface area (Å²) in [6, 6.07) is 14.6. The number of nitro groups is 1. The summed E-state index contributed by atoms with van der Waals surface area (Å²) in [4.78, 5) is 23.1. The van der Waals surface area contributed by atoms with Crippen molar-refractivity contribution in [2.45, 2.75) is 51.9 Å². The Morgan fingerprint density at radius 2 is 1.58 bits per heavy atom. The van der Waals surface area contributed by atoms with Crippen LogP contribution in [0.15, 0.2) is 54.6 Å². The van der Waals surface area contributed by atoms with Gasteiger partial charge in [-0.2, -0.15) is 0 Å². The van der Waals surface area contributed by atoms with Gasteiger partial charge in [0.1, 0.15) is 6.61 Å². The number of nitro benzene ring substituents is 1. The molecule has 0 aliphatic carbocycles. The lowest BCUT2D eigenvalue weighted by Crippen LogP contribution is -2.30. The maximum Gasteiger partial charge on any atom is 0.408 e. The van der Waals surface area contributed by atoms with E-state index in [-0.39, 0.29) is 25.5 Å². The minimum absolute atomic E-state index is 0.0251. The third-order valence-electron chi connectivity index (χ3n) is 4.74. The molecule has 0 heterocycles. The Labute approximate surface area is 194 Å². The smallest absolute Gasteiger partial charge is 0.408 e. The van der Waals surface area contributed by atoms with Gasteiger partial charge in [-0.05, 0) is 36.1 Å². The maximum atomic E-state index is 13.8. The van der Waals surface area contributed by atoms with Crippen LogP contribution < -0.4 is 5.32 Å². The van der Waals surface area contributed by atoms with E-state index in [1.165, 1.54) is 24.3 Å². The van der Waals surface area contributed by atoms with Crippen molar-refractivity contribution >= 4 is 19.4 Å². The molecule has 0 aliphatic heterocycles. The quantitative estimate of drug-likeness (QED) is 0.146. The molecule has 1 unspecified atom stereocenters. The van der Waals surface area contributed by atoms with Crippen LogP contribution in [-0.4, -0.2) is 24.2 Å². The number of nitrogens with one attached hydrogen (secondary N) is 1. The predicted octanol–water partition coefficient (Wildman–Crippen LogP) is 6.35. The zero-order valence-electron chi connectivity index (χ0n) is 19.0. The monoisotopic (exact) mass is 478 g/mol. The molecule has 33 heavy (non-hydrogen) atoms. The van der Waals surface area contributed by atoms with Crippen molar-refractivity contribution in [1.82, 2.24) is 5.32 Å². The van der Waals surface area contributed by atoms with Crippen molar-refractivity contribution in [1.29, 1.82) is 0 Å². The average molecular weight is 478 g/mol. The molecule has 9 nitrogen and oxygen atoms in total. The first-order valence-electron chi connectivity index (χ1n) is 11.0. The summed E-state index contributed by atoms with van der Waals surface area (Å²) in [6.07, 6.45) is 2.16. The van der Waals surface area contributed by atoms with Crippen molar-refractivity contribution in [2.75, 3.05) is 13.2 Å². The summed E-state index contributed by atoms with van der Waals surface area (Å²) in [7, 11) is -3.88. The lowest BCUT2D eigenvalue weighted by Gasteiger charge is -2.28. The number of ether oxygens (including phenoxy) is 1. The number of hydrogen-bond acceptors (Lipinski definition) is 7. The number of non-ortho nitro benzene ring substituents is 1. The molecule has 10 heteroatoms. The molecule has 0 saturated carbocycles. The molecule has 2 aromatic carbocycles. The van der Waals surface area contributed by atoms with Gasteiger partial charge in [-0.25, -0.2) is 4.79 Å². The van der Waals surface area contributed by atoms with Crippen LogP contribution >= 0.6 is 7.60 Å². The second-order valence-electron chi connectivity index (χ2n) is 7.37. The summed E-state index contributed by atoms with van der Waals surface area (Å²) >= 11 is 0.